The molecule has 4 heteroatoms. The monoisotopic (exact) mass is 159 g/mol. The van der Waals surface area contributed by atoms with Gasteiger partial charge in [-0.05, 0) is 13.3 Å². The Labute approximate surface area is 63.4 Å². The zero-order valence-electron chi connectivity index (χ0n) is 6.46. The number of aliphatic imine (C=N–C) groups is 1. The molecule has 0 spiro atoms. The number of nitrogens with zero attached hydrogens (tertiary/aromatic N) is 1. The molecule has 0 N–H and O–H groups in total. The molecule has 0 radical (unpaired) electrons. The third kappa shape index (κ3) is 4.44. The second kappa shape index (κ2) is 6.67. The molecule has 58 valence electrons. The summed E-state index contributed by atoms with van der Waals surface area (Å²) in [6.07, 6.45) is 2.45. The predicted molar refractivity (Wildman–Crippen MR) is 42.4 cm³/mol. The summed E-state index contributed by atoms with van der Waals surface area (Å²) in [5.74, 6) is 0. The maximum atomic E-state index is 9.81. The lowest BCUT2D eigenvalue weighted by atomic mass is 10.5. The molecule has 3 nitrogen and oxygen atoms in total. The van der Waals surface area contributed by atoms with E-state index in [1.165, 1.54) is 0 Å². The smallest absolute Gasteiger partial charge is 0.234 e. The lowest BCUT2D eigenvalue weighted by molar-refractivity contribution is 0.352. The third-order valence-electron chi connectivity index (χ3n) is 1.22. The minimum atomic E-state index is -0.615. The summed E-state index contributed by atoms with van der Waals surface area (Å²) in [5.41, 5.74) is 0.137. The Kier molecular flexibility index (Phi) is 6.38. The molecular formula is C6H13NO2Si. The van der Waals surface area contributed by atoms with Crippen molar-refractivity contribution in [3.63, 3.8) is 0 Å². The molecular weight excluding hydrogens is 146 g/mol. The number of rotatable bonds is 5. The predicted octanol–water partition coefficient (Wildman–Crippen LogP) is 0.179. The van der Waals surface area contributed by atoms with Gasteiger partial charge in [0.05, 0.1) is 5.67 Å². The van der Waals surface area contributed by atoms with Crippen LogP contribution in [0.15, 0.2) is 4.99 Å². The molecule has 0 aliphatic rings. The Morgan fingerprint density at radius 1 is 1.70 bits per heavy atom. The quantitative estimate of drug-likeness (QED) is 0.326. The lowest BCUT2D eigenvalue weighted by Gasteiger charge is -2.04. The average Bonchev–Trinajstić information content (AvgIpc) is 1.98. The van der Waals surface area contributed by atoms with Crippen molar-refractivity contribution >= 4 is 15.8 Å². The van der Waals surface area contributed by atoms with Crippen LogP contribution >= 0.6 is 0 Å². The van der Waals surface area contributed by atoms with Gasteiger partial charge in [0.1, 0.15) is 0 Å². The Morgan fingerprint density at radius 2 is 2.40 bits per heavy atom. The van der Waals surface area contributed by atoms with E-state index in [-0.39, 0.29) is 5.67 Å². The van der Waals surface area contributed by atoms with Gasteiger partial charge in [0.15, 0.2) is 9.76 Å². The summed E-state index contributed by atoms with van der Waals surface area (Å²) in [6.45, 7) is 4.68. The second-order valence-electron chi connectivity index (χ2n) is 1.94. The molecule has 10 heavy (non-hydrogen) atoms. The molecule has 0 rings (SSSR count). The van der Waals surface area contributed by atoms with E-state index in [0.29, 0.717) is 0 Å². The molecule has 0 aliphatic heterocycles. The van der Waals surface area contributed by atoms with Gasteiger partial charge in [0.2, 0.25) is 6.08 Å². The first-order chi connectivity index (χ1) is 4.85. The first-order valence-electron chi connectivity index (χ1n) is 3.49. The fourth-order valence-electron chi connectivity index (χ4n) is 0.575. The minimum Gasteiger partial charge on any atom is -0.422 e. The first-order valence-corrected chi connectivity index (χ1v) is 4.89. The van der Waals surface area contributed by atoms with Crippen LogP contribution in [0, 0.1) is 0 Å². The van der Waals surface area contributed by atoms with E-state index in [2.05, 4.69) is 4.99 Å². The van der Waals surface area contributed by atoms with E-state index >= 15 is 0 Å². The van der Waals surface area contributed by atoms with E-state index < -0.39 is 9.76 Å². The van der Waals surface area contributed by atoms with Crippen LogP contribution in [0.1, 0.15) is 20.3 Å². The number of carbonyl (C=O) groups excluding carboxylic acids is 1. The van der Waals surface area contributed by atoms with Gasteiger partial charge in [-0.2, -0.15) is 0 Å². The maximum absolute atomic E-state index is 9.81. The topological polar surface area (TPSA) is 38.7 Å². The number of hydrogen-bond donors (Lipinski definition) is 0. The molecule has 0 aromatic heterocycles. The summed E-state index contributed by atoms with van der Waals surface area (Å²) < 4.78 is 5.21. The molecule has 0 aromatic rings. The fourth-order valence-corrected chi connectivity index (χ4v) is 1.47. The van der Waals surface area contributed by atoms with E-state index in [1.54, 1.807) is 6.08 Å². The zero-order valence-corrected chi connectivity index (χ0v) is 7.88. The van der Waals surface area contributed by atoms with E-state index in [4.69, 9.17) is 4.43 Å². The SMILES string of the molecule is CCO[SiH2]C(CC)N=C=O. The molecule has 0 aromatic carbocycles. The molecule has 0 fully saturated rings. The van der Waals surface area contributed by atoms with Crippen molar-refractivity contribution in [1.82, 2.24) is 0 Å². The van der Waals surface area contributed by atoms with Crippen molar-refractivity contribution in [3.8, 4) is 0 Å². The van der Waals surface area contributed by atoms with Gasteiger partial charge < -0.3 is 4.43 Å². The summed E-state index contributed by atoms with van der Waals surface area (Å²) in [4.78, 5) is 13.4. The number of isocyanates is 1. The van der Waals surface area contributed by atoms with E-state index in [9.17, 15) is 4.79 Å². The van der Waals surface area contributed by atoms with Crippen molar-refractivity contribution in [1.29, 1.82) is 0 Å². The first kappa shape index (κ1) is 9.56. The van der Waals surface area contributed by atoms with Gasteiger partial charge in [-0.25, -0.2) is 9.79 Å². The summed E-state index contributed by atoms with van der Waals surface area (Å²) >= 11 is 0. The summed E-state index contributed by atoms with van der Waals surface area (Å²) in [5, 5.41) is 0. The Hall–Kier alpha value is -0.443. The molecule has 1 atom stereocenters. The van der Waals surface area contributed by atoms with Gasteiger partial charge >= 0.3 is 0 Å². The number of hydrogen-bond acceptors (Lipinski definition) is 3. The third-order valence-corrected chi connectivity index (χ3v) is 3.01. The highest BCUT2D eigenvalue weighted by atomic mass is 28.2. The summed E-state index contributed by atoms with van der Waals surface area (Å²) in [7, 11) is -0.615. The Balaban J connectivity index is 3.49. The van der Waals surface area contributed by atoms with Gasteiger partial charge in [0.25, 0.3) is 0 Å². The highest BCUT2D eigenvalue weighted by Crippen LogP contribution is 1.93. The van der Waals surface area contributed by atoms with Crippen LogP contribution in [0.3, 0.4) is 0 Å². The van der Waals surface area contributed by atoms with Crippen molar-refractivity contribution in [3.05, 3.63) is 0 Å². The summed E-state index contributed by atoms with van der Waals surface area (Å²) in [6, 6.07) is 0. The normalized spacial score (nSPS) is 13.4. The fraction of sp³-hybridized carbons (Fsp3) is 0.833. The van der Waals surface area contributed by atoms with Crippen molar-refractivity contribution in [2.75, 3.05) is 6.61 Å². The maximum Gasteiger partial charge on any atom is 0.234 e. The van der Waals surface area contributed by atoms with Crippen molar-refractivity contribution in [2.45, 2.75) is 25.9 Å². The van der Waals surface area contributed by atoms with E-state index in [1.807, 2.05) is 13.8 Å². The molecule has 0 aliphatic carbocycles. The Bertz CT molecular complexity index is 123. The zero-order chi connectivity index (χ0) is 7.82. The standard InChI is InChI=1S/C6H13NO2Si/c1-3-6(7-5-8)10-9-4-2/h6H,3-4,10H2,1-2H3. The van der Waals surface area contributed by atoms with Crippen molar-refractivity contribution in [2.24, 2.45) is 4.99 Å². The second-order valence-corrected chi connectivity index (χ2v) is 3.63. The molecule has 1 unspecified atom stereocenters. The van der Waals surface area contributed by atoms with Crippen LogP contribution in [0.4, 0.5) is 0 Å². The Morgan fingerprint density at radius 3 is 2.80 bits per heavy atom. The minimum absolute atomic E-state index is 0.137. The molecule has 0 saturated heterocycles. The van der Waals surface area contributed by atoms with Crippen LogP contribution in [0.5, 0.6) is 0 Å². The van der Waals surface area contributed by atoms with Gasteiger partial charge in [-0.1, -0.05) is 6.92 Å². The molecule has 0 bridgehead atoms. The van der Waals surface area contributed by atoms with Gasteiger partial charge in [-0.3, -0.25) is 0 Å². The molecule has 0 saturated carbocycles. The van der Waals surface area contributed by atoms with Crippen LogP contribution in [-0.2, 0) is 9.22 Å². The van der Waals surface area contributed by atoms with Crippen molar-refractivity contribution < 1.29 is 9.22 Å². The lowest BCUT2D eigenvalue weighted by Crippen LogP contribution is -2.16. The average molecular weight is 159 g/mol. The largest absolute Gasteiger partial charge is 0.422 e. The van der Waals surface area contributed by atoms with Gasteiger partial charge in [0, 0.05) is 6.61 Å². The van der Waals surface area contributed by atoms with Gasteiger partial charge in [-0.15, -0.1) is 0 Å². The molecule has 0 heterocycles. The van der Waals surface area contributed by atoms with Crippen LogP contribution in [0.2, 0.25) is 0 Å². The molecule has 0 amide bonds. The van der Waals surface area contributed by atoms with Crippen LogP contribution < -0.4 is 0 Å². The highest BCUT2D eigenvalue weighted by molar-refractivity contribution is 6.29. The van der Waals surface area contributed by atoms with Crippen LogP contribution in [-0.4, -0.2) is 28.1 Å². The van der Waals surface area contributed by atoms with Crippen LogP contribution in [0.25, 0.3) is 0 Å². The van der Waals surface area contributed by atoms with E-state index in [0.717, 1.165) is 13.0 Å². The highest BCUT2D eigenvalue weighted by Gasteiger charge is 2.03.